The van der Waals surface area contributed by atoms with E-state index in [9.17, 15) is 4.79 Å². The Balaban J connectivity index is 2.12. The third kappa shape index (κ3) is 2.80. The molecule has 1 fully saturated rings. The highest BCUT2D eigenvalue weighted by atomic mass is 16.5. The summed E-state index contributed by atoms with van der Waals surface area (Å²) in [4.78, 5) is 12.5. The average Bonchev–Trinajstić information content (AvgIpc) is 3.26. The van der Waals surface area contributed by atoms with Crippen LogP contribution in [0.2, 0.25) is 0 Å². The van der Waals surface area contributed by atoms with Crippen LogP contribution in [0.25, 0.3) is 0 Å². The Kier molecular flexibility index (Phi) is 4.33. The number of amides is 1. The molecule has 110 valence electrons. The van der Waals surface area contributed by atoms with E-state index in [1.165, 1.54) is 0 Å². The van der Waals surface area contributed by atoms with Gasteiger partial charge in [-0.05, 0) is 50.9 Å². The molecule has 2 rings (SSSR count). The molecular formula is C16H24N2O2. The molecule has 4 nitrogen and oxygen atoms in total. The fourth-order valence-electron chi connectivity index (χ4n) is 2.41. The van der Waals surface area contributed by atoms with Gasteiger partial charge in [0.1, 0.15) is 5.75 Å². The minimum atomic E-state index is -0.339. The van der Waals surface area contributed by atoms with Crippen molar-refractivity contribution in [3.8, 4) is 5.75 Å². The fourth-order valence-corrected chi connectivity index (χ4v) is 2.41. The molecule has 0 aliphatic heterocycles. The average molecular weight is 276 g/mol. The van der Waals surface area contributed by atoms with Crippen LogP contribution < -0.4 is 15.4 Å². The molecule has 0 radical (unpaired) electrons. The first-order chi connectivity index (χ1) is 9.53. The van der Waals surface area contributed by atoms with Gasteiger partial charge in [0.15, 0.2) is 0 Å². The van der Waals surface area contributed by atoms with E-state index in [-0.39, 0.29) is 17.4 Å². The summed E-state index contributed by atoms with van der Waals surface area (Å²) in [6.45, 7) is 4.71. The van der Waals surface area contributed by atoms with Gasteiger partial charge in [-0.15, -0.1) is 0 Å². The van der Waals surface area contributed by atoms with Gasteiger partial charge < -0.3 is 15.4 Å². The van der Waals surface area contributed by atoms with Crippen LogP contribution in [0, 0.1) is 6.92 Å². The summed E-state index contributed by atoms with van der Waals surface area (Å²) in [6.07, 6.45) is 1.83. The smallest absolute Gasteiger partial charge is 0.230 e. The lowest BCUT2D eigenvalue weighted by atomic mass is 9.93. The first-order valence-corrected chi connectivity index (χ1v) is 7.14. The van der Waals surface area contributed by atoms with Crippen molar-refractivity contribution in [2.75, 3.05) is 20.7 Å². The van der Waals surface area contributed by atoms with Gasteiger partial charge in [0, 0.05) is 12.6 Å². The van der Waals surface area contributed by atoms with Gasteiger partial charge in [-0.2, -0.15) is 0 Å². The van der Waals surface area contributed by atoms with Crippen molar-refractivity contribution >= 4 is 5.91 Å². The topological polar surface area (TPSA) is 50.4 Å². The largest absolute Gasteiger partial charge is 0.496 e. The first kappa shape index (κ1) is 14.9. The Morgan fingerprint density at radius 3 is 2.70 bits per heavy atom. The second kappa shape index (κ2) is 5.83. The Morgan fingerprint density at radius 1 is 1.45 bits per heavy atom. The zero-order chi connectivity index (χ0) is 14.8. The summed E-state index contributed by atoms with van der Waals surface area (Å²) in [6, 6.07) is 6.36. The molecular weight excluding hydrogens is 252 g/mol. The van der Waals surface area contributed by atoms with E-state index in [2.05, 4.69) is 17.6 Å². The van der Waals surface area contributed by atoms with Crippen LogP contribution in [0.5, 0.6) is 5.75 Å². The second-order valence-corrected chi connectivity index (χ2v) is 5.67. The fraction of sp³-hybridized carbons (Fsp3) is 0.562. The van der Waals surface area contributed by atoms with Crippen LogP contribution in [0.15, 0.2) is 18.2 Å². The highest BCUT2D eigenvalue weighted by Crippen LogP contribution is 2.49. The zero-order valence-corrected chi connectivity index (χ0v) is 12.7. The summed E-state index contributed by atoms with van der Waals surface area (Å²) in [5.41, 5.74) is 1.82. The van der Waals surface area contributed by atoms with Gasteiger partial charge >= 0.3 is 0 Å². The lowest BCUT2D eigenvalue weighted by Crippen LogP contribution is -2.42. The number of hydrogen-bond acceptors (Lipinski definition) is 3. The molecule has 0 spiro atoms. The van der Waals surface area contributed by atoms with Gasteiger partial charge in [-0.1, -0.05) is 12.1 Å². The summed E-state index contributed by atoms with van der Waals surface area (Å²) in [5.74, 6) is 0.982. The maximum atomic E-state index is 12.5. The van der Waals surface area contributed by atoms with Gasteiger partial charge in [0.05, 0.1) is 12.5 Å². The molecule has 1 amide bonds. The Morgan fingerprint density at radius 2 is 2.15 bits per heavy atom. The molecule has 1 aromatic rings. The van der Waals surface area contributed by atoms with Crippen molar-refractivity contribution in [3.05, 3.63) is 29.3 Å². The maximum Gasteiger partial charge on any atom is 0.230 e. The standard InChI is InChI=1S/C16H24N2O2/c1-11-5-6-13(9-14(11)20-4)16(7-8-16)15(19)18-10-12(2)17-3/h5-6,9,12,17H,7-8,10H2,1-4H3,(H,18,19). The third-order valence-corrected chi connectivity index (χ3v) is 4.21. The normalized spacial score (nSPS) is 17.4. The summed E-state index contributed by atoms with van der Waals surface area (Å²) >= 11 is 0. The van der Waals surface area contributed by atoms with E-state index in [1.807, 2.05) is 32.2 Å². The molecule has 0 heterocycles. The van der Waals surface area contributed by atoms with Crippen molar-refractivity contribution in [1.29, 1.82) is 0 Å². The SMILES string of the molecule is CNC(C)CNC(=O)C1(c2ccc(C)c(OC)c2)CC1. The predicted octanol–water partition coefficient (Wildman–Crippen LogP) is 1.76. The lowest BCUT2D eigenvalue weighted by molar-refractivity contribution is -0.123. The van der Waals surface area contributed by atoms with Gasteiger partial charge in [-0.25, -0.2) is 0 Å². The number of rotatable bonds is 6. The highest BCUT2D eigenvalue weighted by molar-refractivity contribution is 5.91. The molecule has 1 unspecified atom stereocenters. The van der Waals surface area contributed by atoms with Gasteiger partial charge in [-0.3, -0.25) is 4.79 Å². The second-order valence-electron chi connectivity index (χ2n) is 5.67. The van der Waals surface area contributed by atoms with Gasteiger partial charge in [0.25, 0.3) is 0 Å². The summed E-state index contributed by atoms with van der Waals surface area (Å²) in [7, 11) is 3.56. The summed E-state index contributed by atoms with van der Waals surface area (Å²) < 4.78 is 5.36. The van der Waals surface area contributed by atoms with Crippen LogP contribution in [0.4, 0.5) is 0 Å². The van der Waals surface area contributed by atoms with E-state index in [0.29, 0.717) is 6.54 Å². The molecule has 1 aliphatic rings. The molecule has 0 bridgehead atoms. The number of likely N-dealkylation sites (N-methyl/N-ethyl adjacent to an activating group) is 1. The maximum absolute atomic E-state index is 12.5. The van der Waals surface area contributed by atoms with Crippen molar-refractivity contribution in [3.63, 3.8) is 0 Å². The molecule has 1 saturated carbocycles. The number of nitrogens with one attached hydrogen (secondary N) is 2. The van der Waals surface area contributed by atoms with Gasteiger partial charge in [0.2, 0.25) is 5.91 Å². The molecule has 1 aromatic carbocycles. The van der Waals surface area contributed by atoms with E-state index < -0.39 is 0 Å². The quantitative estimate of drug-likeness (QED) is 0.832. The van der Waals surface area contributed by atoms with Crippen LogP contribution in [0.3, 0.4) is 0 Å². The molecule has 4 heteroatoms. The van der Waals surface area contributed by atoms with Crippen LogP contribution in [-0.2, 0) is 10.2 Å². The Bertz CT molecular complexity index is 495. The van der Waals surface area contributed by atoms with E-state index in [0.717, 1.165) is 29.7 Å². The zero-order valence-electron chi connectivity index (χ0n) is 12.7. The molecule has 20 heavy (non-hydrogen) atoms. The van der Waals surface area contributed by atoms with E-state index >= 15 is 0 Å². The number of hydrogen-bond donors (Lipinski definition) is 2. The third-order valence-electron chi connectivity index (χ3n) is 4.21. The molecule has 1 atom stereocenters. The number of aryl methyl sites for hydroxylation is 1. The monoisotopic (exact) mass is 276 g/mol. The Hall–Kier alpha value is -1.55. The number of methoxy groups -OCH3 is 1. The predicted molar refractivity (Wildman–Crippen MR) is 80.2 cm³/mol. The molecule has 0 aromatic heterocycles. The lowest BCUT2D eigenvalue weighted by Gasteiger charge is -2.19. The number of carbonyl (C=O) groups is 1. The van der Waals surface area contributed by atoms with Crippen molar-refractivity contribution in [1.82, 2.24) is 10.6 Å². The number of benzene rings is 1. The van der Waals surface area contributed by atoms with Crippen LogP contribution >= 0.6 is 0 Å². The molecule has 2 N–H and O–H groups in total. The van der Waals surface area contributed by atoms with Crippen LogP contribution in [0.1, 0.15) is 30.9 Å². The first-order valence-electron chi connectivity index (χ1n) is 7.14. The van der Waals surface area contributed by atoms with Crippen molar-refractivity contribution in [2.24, 2.45) is 0 Å². The minimum absolute atomic E-state index is 0.130. The minimum Gasteiger partial charge on any atom is -0.496 e. The van der Waals surface area contributed by atoms with Crippen molar-refractivity contribution < 1.29 is 9.53 Å². The number of ether oxygens (including phenoxy) is 1. The Labute approximate surface area is 120 Å². The molecule has 0 saturated heterocycles. The van der Waals surface area contributed by atoms with Crippen LogP contribution in [-0.4, -0.2) is 32.7 Å². The number of carbonyl (C=O) groups excluding carboxylic acids is 1. The molecule has 1 aliphatic carbocycles. The van der Waals surface area contributed by atoms with E-state index in [1.54, 1.807) is 7.11 Å². The summed E-state index contributed by atoms with van der Waals surface area (Å²) in [5, 5.41) is 6.17. The highest BCUT2D eigenvalue weighted by Gasteiger charge is 2.51. The van der Waals surface area contributed by atoms with E-state index in [4.69, 9.17) is 4.74 Å². The van der Waals surface area contributed by atoms with Crippen molar-refractivity contribution in [2.45, 2.75) is 38.1 Å².